The maximum atomic E-state index is 12.0. The average molecular weight is 252 g/mol. The van der Waals surface area contributed by atoms with Crippen LogP contribution in [0.5, 0.6) is 0 Å². The highest BCUT2D eigenvalue weighted by atomic mass is 32.2. The zero-order chi connectivity index (χ0) is 12.5. The molecule has 0 unspecified atom stereocenters. The molecule has 2 aromatic rings. The van der Waals surface area contributed by atoms with Crippen molar-refractivity contribution in [1.29, 1.82) is 0 Å². The Morgan fingerprint density at radius 3 is 2.71 bits per heavy atom. The molecule has 0 fully saturated rings. The smallest absolute Gasteiger partial charge is 0.263 e. The molecule has 0 saturated heterocycles. The first-order valence-electron chi connectivity index (χ1n) is 4.87. The number of nitrogens with two attached hydrogens (primary N) is 1. The molecule has 1 aromatic heterocycles. The van der Waals surface area contributed by atoms with Crippen LogP contribution in [0.2, 0.25) is 0 Å². The van der Waals surface area contributed by atoms with Gasteiger partial charge in [0.1, 0.15) is 5.82 Å². The molecule has 4 N–H and O–H groups in total. The van der Waals surface area contributed by atoms with Crippen molar-refractivity contribution in [2.24, 2.45) is 0 Å². The quantitative estimate of drug-likeness (QED) is 0.712. The topological polar surface area (TPSA) is 101 Å². The van der Waals surface area contributed by atoms with Gasteiger partial charge in [0.05, 0.1) is 11.1 Å². The van der Waals surface area contributed by atoms with Crippen LogP contribution < -0.4 is 10.5 Å². The van der Waals surface area contributed by atoms with E-state index in [1.807, 2.05) is 0 Å². The summed E-state index contributed by atoms with van der Waals surface area (Å²) in [6.45, 7) is 1.69. The van der Waals surface area contributed by atoms with E-state index >= 15 is 0 Å². The van der Waals surface area contributed by atoms with Crippen LogP contribution in [0.3, 0.4) is 0 Å². The molecule has 0 radical (unpaired) electrons. The number of benzene rings is 1. The van der Waals surface area contributed by atoms with E-state index in [0.29, 0.717) is 17.1 Å². The summed E-state index contributed by atoms with van der Waals surface area (Å²) < 4.78 is 26.5. The lowest BCUT2D eigenvalue weighted by molar-refractivity contribution is 0.600. The van der Waals surface area contributed by atoms with Gasteiger partial charge in [-0.3, -0.25) is 9.82 Å². The number of aromatic amines is 1. The van der Waals surface area contributed by atoms with Crippen LogP contribution in [0.15, 0.2) is 35.4 Å². The Hall–Kier alpha value is -2.02. The fraction of sp³-hybridized carbons (Fsp3) is 0.100. The van der Waals surface area contributed by atoms with Gasteiger partial charge in [-0.25, -0.2) is 8.42 Å². The minimum atomic E-state index is -3.61. The lowest BCUT2D eigenvalue weighted by Gasteiger charge is -2.09. The number of rotatable bonds is 3. The highest BCUT2D eigenvalue weighted by molar-refractivity contribution is 7.92. The largest absolute Gasteiger partial charge is 0.399 e. The second-order valence-electron chi connectivity index (χ2n) is 3.60. The van der Waals surface area contributed by atoms with E-state index in [0.717, 1.165) is 0 Å². The van der Waals surface area contributed by atoms with Crippen molar-refractivity contribution in [1.82, 2.24) is 10.2 Å². The highest BCUT2D eigenvalue weighted by Crippen LogP contribution is 2.20. The van der Waals surface area contributed by atoms with Crippen molar-refractivity contribution < 1.29 is 8.42 Å². The van der Waals surface area contributed by atoms with Crippen LogP contribution in [0.1, 0.15) is 5.56 Å². The summed E-state index contributed by atoms with van der Waals surface area (Å²) in [5.41, 5.74) is 6.70. The molecule has 1 aromatic carbocycles. The van der Waals surface area contributed by atoms with E-state index in [1.165, 1.54) is 18.3 Å². The number of nitrogen functional groups attached to an aromatic ring is 1. The molecule has 0 amide bonds. The van der Waals surface area contributed by atoms with E-state index in [9.17, 15) is 8.42 Å². The van der Waals surface area contributed by atoms with Crippen LogP contribution in [-0.2, 0) is 10.0 Å². The molecule has 0 aliphatic rings. The summed E-state index contributed by atoms with van der Waals surface area (Å²) >= 11 is 0. The summed E-state index contributed by atoms with van der Waals surface area (Å²) in [6, 6.07) is 6.17. The number of sulfonamides is 1. The van der Waals surface area contributed by atoms with Crippen molar-refractivity contribution in [2.75, 3.05) is 10.5 Å². The first-order chi connectivity index (χ1) is 7.99. The molecule has 6 nitrogen and oxygen atoms in total. The Bertz CT molecular complexity index is 620. The zero-order valence-corrected chi connectivity index (χ0v) is 9.95. The Kier molecular flexibility index (Phi) is 2.76. The SMILES string of the molecule is Cc1cc(N)ccc1S(=O)(=O)Nc1ccn[nH]1. The predicted molar refractivity (Wildman–Crippen MR) is 65.0 cm³/mol. The number of hydrogen-bond acceptors (Lipinski definition) is 4. The zero-order valence-electron chi connectivity index (χ0n) is 9.14. The molecular weight excluding hydrogens is 240 g/mol. The molecule has 0 aliphatic carbocycles. The van der Waals surface area contributed by atoms with Crippen LogP contribution >= 0.6 is 0 Å². The van der Waals surface area contributed by atoms with Crippen molar-refractivity contribution in [2.45, 2.75) is 11.8 Å². The third-order valence-electron chi connectivity index (χ3n) is 2.23. The lowest BCUT2D eigenvalue weighted by atomic mass is 10.2. The standard InChI is InChI=1S/C10H12N4O2S/c1-7-6-8(11)2-3-9(7)17(15,16)14-10-4-5-12-13-10/h2-6H,11H2,1H3,(H2,12,13,14). The molecule has 90 valence electrons. The van der Waals surface area contributed by atoms with Gasteiger partial charge in [-0.2, -0.15) is 5.10 Å². The minimum Gasteiger partial charge on any atom is -0.399 e. The number of nitrogens with one attached hydrogen (secondary N) is 2. The third-order valence-corrected chi connectivity index (χ3v) is 3.76. The maximum Gasteiger partial charge on any atom is 0.263 e. The third kappa shape index (κ3) is 2.39. The number of anilines is 2. The number of aromatic nitrogens is 2. The molecule has 0 bridgehead atoms. The number of aryl methyl sites for hydroxylation is 1. The molecular formula is C10H12N4O2S. The van der Waals surface area contributed by atoms with Crippen molar-refractivity contribution in [3.05, 3.63) is 36.0 Å². The van der Waals surface area contributed by atoms with Gasteiger partial charge in [-0.1, -0.05) is 0 Å². The summed E-state index contributed by atoms with van der Waals surface area (Å²) in [4.78, 5) is 0.196. The van der Waals surface area contributed by atoms with Gasteiger partial charge in [-0.15, -0.1) is 0 Å². The fourth-order valence-corrected chi connectivity index (χ4v) is 2.73. The van der Waals surface area contributed by atoms with Gasteiger partial charge in [0.2, 0.25) is 0 Å². The molecule has 0 saturated carbocycles. The van der Waals surface area contributed by atoms with Crippen LogP contribution in [-0.4, -0.2) is 18.6 Å². The summed E-state index contributed by atoms with van der Waals surface area (Å²) in [5, 5.41) is 6.19. The molecule has 0 aliphatic heterocycles. The number of hydrogen-bond donors (Lipinski definition) is 3. The van der Waals surface area contributed by atoms with Crippen LogP contribution in [0.4, 0.5) is 11.5 Å². The van der Waals surface area contributed by atoms with Crippen LogP contribution in [0.25, 0.3) is 0 Å². The molecule has 0 atom stereocenters. The summed E-state index contributed by atoms with van der Waals surface area (Å²) in [5.74, 6) is 0.321. The van der Waals surface area contributed by atoms with Gasteiger partial charge in [0.15, 0.2) is 0 Å². The van der Waals surface area contributed by atoms with E-state index in [1.54, 1.807) is 19.1 Å². The molecule has 0 spiro atoms. The lowest BCUT2D eigenvalue weighted by Crippen LogP contribution is -2.14. The summed E-state index contributed by atoms with van der Waals surface area (Å²) in [6.07, 6.45) is 1.47. The Balaban J connectivity index is 2.38. The highest BCUT2D eigenvalue weighted by Gasteiger charge is 2.17. The number of nitrogens with zero attached hydrogens (tertiary/aromatic N) is 1. The van der Waals surface area contributed by atoms with Gasteiger partial charge in [-0.05, 0) is 30.7 Å². The molecule has 2 rings (SSSR count). The molecule has 7 heteroatoms. The second kappa shape index (κ2) is 4.10. The van der Waals surface area contributed by atoms with Gasteiger partial charge < -0.3 is 5.73 Å². The van der Waals surface area contributed by atoms with Crippen molar-refractivity contribution in [3.63, 3.8) is 0 Å². The number of H-pyrrole nitrogens is 1. The van der Waals surface area contributed by atoms with Gasteiger partial charge >= 0.3 is 0 Å². The summed E-state index contributed by atoms with van der Waals surface area (Å²) in [7, 11) is -3.61. The average Bonchev–Trinajstić information content (AvgIpc) is 2.68. The Labute approximate surface area is 98.9 Å². The normalized spacial score (nSPS) is 11.4. The van der Waals surface area contributed by atoms with Gasteiger partial charge in [0, 0.05) is 11.8 Å². The van der Waals surface area contributed by atoms with E-state index in [4.69, 9.17) is 5.73 Å². The van der Waals surface area contributed by atoms with Crippen molar-refractivity contribution >= 4 is 21.5 Å². The minimum absolute atomic E-state index is 0.196. The van der Waals surface area contributed by atoms with E-state index in [-0.39, 0.29) is 4.90 Å². The molecule has 1 heterocycles. The maximum absolute atomic E-state index is 12.0. The van der Waals surface area contributed by atoms with E-state index < -0.39 is 10.0 Å². The predicted octanol–water partition coefficient (Wildman–Crippen LogP) is 1.10. The Morgan fingerprint density at radius 2 is 2.12 bits per heavy atom. The Morgan fingerprint density at radius 1 is 1.35 bits per heavy atom. The first kappa shape index (κ1) is 11.5. The second-order valence-corrected chi connectivity index (χ2v) is 5.25. The van der Waals surface area contributed by atoms with Crippen LogP contribution in [0, 0.1) is 6.92 Å². The van der Waals surface area contributed by atoms with E-state index in [2.05, 4.69) is 14.9 Å². The van der Waals surface area contributed by atoms with Gasteiger partial charge in [0.25, 0.3) is 10.0 Å². The monoisotopic (exact) mass is 252 g/mol. The molecule has 17 heavy (non-hydrogen) atoms. The van der Waals surface area contributed by atoms with Crippen molar-refractivity contribution in [3.8, 4) is 0 Å². The first-order valence-corrected chi connectivity index (χ1v) is 6.36. The fourth-order valence-electron chi connectivity index (χ4n) is 1.49.